The van der Waals surface area contributed by atoms with Crippen molar-refractivity contribution in [3.8, 4) is 5.75 Å². The van der Waals surface area contributed by atoms with Crippen molar-refractivity contribution in [3.05, 3.63) is 46.6 Å². The molecular formula is C11H10BrNO3. The average molecular weight is 284 g/mol. The van der Waals surface area contributed by atoms with Gasteiger partial charge in [0.25, 0.3) is 0 Å². The number of aliphatic hydroxyl groups excluding tert-OH is 1. The molecule has 0 saturated carbocycles. The zero-order chi connectivity index (χ0) is 11.5. The van der Waals surface area contributed by atoms with Gasteiger partial charge in [0.2, 0.25) is 0 Å². The van der Waals surface area contributed by atoms with E-state index in [1.165, 1.54) is 7.11 Å². The van der Waals surface area contributed by atoms with E-state index in [-0.39, 0.29) is 0 Å². The Bertz CT molecular complexity index is 484. The lowest BCUT2D eigenvalue weighted by Crippen LogP contribution is -2.03. The number of rotatable bonds is 3. The molecule has 2 heterocycles. The summed E-state index contributed by atoms with van der Waals surface area (Å²) in [5, 5.41) is 10.1. The second-order valence-corrected chi connectivity index (χ2v) is 3.92. The van der Waals surface area contributed by atoms with Gasteiger partial charge in [-0.3, -0.25) is 4.98 Å². The van der Waals surface area contributed by atoms with Crippen LogP contribution >= 0.6 is 15.9 Å². The Morgan fingerprint density at radius 2 is 2.25 bits per heavy atom. The van der Waals surface area contributed by atoms with E-state index in [2.05, 4.69) is 20.9 Å². The van der Waals surface area contributed by atoms with Crippen LogP contribution in [-0.2, 0) is 0 Å². The number of furan rings is 1. The molecule has 2 rings (SSSR count). The van der Waals surface area contributed by atoms with Crippen molar-refractivity contribution in [1.82, 2.24) is 4.98 Å². The fourth-order valence-corrected chi connectivity index (χ4v) is 1.71. The summed E-state index contributed by atoms with van der Waals surface area (Å²) in [6.07, 6.45) is 0.668. The highest BCUT2D eigenvalue weighted by molar-refractivity contribution is 9.10. The van der Waals surface area contributed by atoms with E-state index in [0.717, 1.165) is 0 Å². The Morgan fingerprint density at radius 1 is 1.44 bits per heavy atom. The minimum atomic E-state index is -0.928. The van der Waals surface area contributed by atoms with Gasteiger partial charge < -0.3 is 14.3 Å². The van der Waals surface area contributed by atoms with Crippen LogP contribution in [0.1, 0.15) is 17.6 Å². The molecule has 0 bridgehead atoms. The lowest BCUT2D eigenvalue weighted by Gasteiger charge is -2.10. The number of halogens is 1. The quantitative estimate of drug-likeness (QED) is 0.941. The molecule has 2 aromatic rings. The summed E-state index contributed by atoms with van der Waals surface area (Å²) in [4.78, 5) is 4.08. The third-order valence-corrected chi connectivity index (χ3v) is 2.57. The Balaban J connectivity index is 2.36. The van der Waals surface area contributed by atoms with Crippen molar-refractivity contribution < 1.29 is 14.3 Å². The van der Waals surface area contributed by atoms with Crippen molar-refractivity contribution in [3.63, 3.8) is 0 Å². The van der Waals surface area contributed by atoms with E-state index in [9.17, 15) is 5.11 Å². The molecule has 84 valence electrons. The summed E-state index contributed by atoms with van der Waals surface area (Å²) in [6, 6.07) is 6.88. The van der Waals surface area contributed by atoms with Crippen molar-refractivity contribution in [2.45, 2.75) is 6.10 Å². The molecular weight excluding hydrogens is 274 g/mol. The molecule has 4 nitrogen and oxygen atoms in total. The number of hydrogen-bond donors (Lipinski definition) is 1. The molecule has 1 N–H and O–H groups in total. The van der Waals surface area contributed by atoms with Gasteiger partial charge in [-0.2, -0.15) is 0 Å². The van der Waals surface area contributed by atoms with Crippen LogP contribution in [-0.4, -0.2) is 17.2 Å². The minimum absolute atomic E-state index is 0.420. The molecule has 1 unspecified atom stereocenters. The number of aliphatic hydroxyl groups is 1. The second-order valence-electron chi connectivity index (χ2n) is 3.14. The molecule has 0 aliphatic carbocycles. The van der Waals surface area contributed by atoms with E-state index in [0.29, 0.717) is 21.9 Å². The van der Waals surface area contributed by atoms with Crippen LogP contribution in [0.15, 0.2) is 39.5 Å². The SMILES string of the molecule is COc1cccnc1C(O)c1ccc(Br)o1. The van der Waals surface area contributed by atoms with Gasteiger partial charge in [-0.05, 0) is 40.2 Å². The predicted octanol–water partition coefficient (Wildman–Crippen LogP) is 2.53. The second kappa shape index (κ2) is 4.67. The fourth-order valence-electron chi connectivity index (χ4n) is 1.39. The maximum Gasteiger partial charge on any atom is 0.169 e. The molecule has 0 fully saturated rings. The highest BCUT2D eigenvalue weighted by Gasteiger charge is 2.19. The highest BCUT2D eigenvalue weighted by Crippen LogP contribution is 2.29. The Morgan fingerprint density at radius 3 is 2.88 bits per heavy atom. The lowest BCUT2D eigenvalue weighted by atomic mass is 10.1. The summed E-state index contributed by atoms with van der Waals surface area (Å²) in [5.41, 5.74) is 0.437. The van der Waals surface area contributed by atoms with Gasteiger partial charge in [-0.1, -0.05) is 0 Å². The largest absolute Gasteiger partial charge is 0.495 e. The fraction of sp³-hybridized carbons (Fsp3) is 0.182. The van der Waals surface area contributed by atoms with Crippen LogP contribution in [0.5, 0.6) is 5.75 Å². The van der Waals surface area contributed by atoms with Crippen molar-refractivity contribution in [2.24, 2.45) is 0 Å². The van der Waals surface area contributed by atoms with Crippen LogP contribution in [0.4, 0.5) is 0 Å². The van der Waals surface area contributed by atoms with E-state index in [1.807, 2.05) is 0 Å². The van der Waals surface area contributed by atoms with Gasteiger partial charge in [0.05, 0.1) is 7.11 Å². The Labute approximate surface area is 101 Å². The van der Waals surface area contributed by atoms with E-state index >= 15 is 0 Å². The Kier molecular flexibility index (Phi) is 3.26. The van der Waals surface area contributed by atoms with Crippen molar-refractivity contribution in [2.75, 3.05) is 7.11 Å². The molecule has 1 atom stereocenters. The third-order valence-electron chi connectivity index (χ3n) is 2.14. The molecule has 0 aliphatic heterocycles. The zero-order valence-corrected chi connectivity index (χ0v) is 10.1. The van der Waals surface area contributed by atoms with Gasteiger partial charge in [0, 0.05) is 6.20 Å². The van der Waals surface area contributed by atoms with Crippen LogP contribution in [0, 0.1) is 0 Å². The van der Waals surface area contributed by atoms with Gasteiger partial charge in [0.1, 0.15) is 17.2 Å². The molecule has 0 amide bonds. The number of pyridine rings is 1. The van der Waals surface area contributed by atoms with Crippen LogP contribution in [0.3, 0.4) is 0 Å². The van der Waals surface area contributed by atoms with E-state index < -0.39 is 6.10 Å². The standard InChI is InChI=1S/C11H10BrNO3/c1-15-7-3-2-6-13-10(7)11(14)8-4-5-9(12)16-8/h2-6,11,14H,1H3. The average Bonchev–Trinajstić information content (AvgIpc) is 2.75. The number of nitrogens with zero attached hydrogens (tertiary/aromatic N) is 1. The summed E-state index contributed by atoms with van der Waals surface area (Å²) in [7, 11) is 1.53. The van der Waals surface area contributed by atoms with Gasteiger partial charge in [-0.15, -0.1) is 0 Å². The number of ether oxygens (including phenoxy) is 1. The third kappa shape index (κ3) is 2.10. The summed E-state index contributed by atoms with van der Waals surface area (Å²) in [6.45, 7) is 0. The first-order valence-electron chi connectivity index (χ1n) is 4.64. The predicted molar refractivity (Wildman–Crippen MR) is 61.3 cm³/mol. The Hall–Kier alpha value is -1.33. The number of hydrogen-bond acceptors (Lipinski definition) is 4. The molecule has 0 radical (unpaired) electrons. The summed E-state index contributed by atoms with van der Waals surface area (Å²) in [5.74, 6) is 0.950. The normalized spacial score (nSPS) is 12.4. The van der Waals surface area contributed by atoms with Crippen molar-refractivity contribution >= 4 is 15.9 Å². The topological polar surface area (TPSA) is 55.5 Å². The molecule has 16 heavy (non-hydrogen) atoms. The molecule has 5 heteroatoms. The number of methoxy groups -OCH3 is 1. The molecule has 0 aromatic carbocycles. The molecule has 2 aromatic heterocycles. The highest BCUT2D eigenvalue weighted by atomic mass is 79.9. The van der Waals surface area contributed by atoms with Crippen LogP contribution in [0.2, 0.25) is 0 Å². The van der Waals surface area contributed by atoms with E-state index in [1.54, 1.807) is 30.5 Å². The maximum atomic E-state index is 10.1. The smallest absolute Gasteiger partial charge is 0.169 e. The zero-order valence-electron chi connectivity index (χ0n) is 8.55. The van der Waals surface area contributed by atoms with Gasteiger partial charge in [0.15, 0.2) is 10.8 Å². The van der Waals surface area contributed by atoms with E-state index in [4.69, 9.17) is 9.15 Å². The molecule has 0 saturated heterocycles. The lowest BCUT2D eigenvalue weighted by molar-refractivity contribution is 0.178. The first-order valence-corrected chi connectivity index (χ1v) is 5.44. The molecule has 0 spiro atoms. The van der Waals surface area contributed by atoms with Crippen LogP contribution < -0.4 is 4.74 Å². The van der Waals surface area contributed by atoms with Gasteiger partial charge in [-0.25, -0.2) is 0 Å². The summed E-state index contributed by atoms with van der Waals surface area (Å²) >= 11 is 3.18. The monoisotopic (exact) mass is 283 g/mol. The first-order chi connectivity index (χ1) is 7.72. The summed E-state index contributed by atoms with van der Waals surface area (Å²) < 4.78 is 11.0. The van der Waals surface area contributed by atoms with Gasteiger partial charge >= 0.3 is 0 Å². The maximum absolute atomic E-state index is 10.1. The number of aromatic nitrogens is 1. The van der Waals surface area contributed by atoms with Crippen molar-refractivity contribution in [1.29, 1.82) is 0 Å². The molecule has 0 aliphatic rings. The van der Waals surface area contributed by atoms with Crippen LogP contribution in [0.25, 0.3) is 0 Å². The first kappa shape index (κ1) is 11.2. The minimum Gasteiger partial charge on any atom is -0.495 e.